The summed E-state index contributed by atoms with van der Waals surface area (Å²) in [5, 5.41) is 4.04. The lowest BCUT2D eigenvalue weighted by Crippen LogP contribution is -2.46. The highest BCUT2D eigenvalue weighted by molar-refractivity contribution is 8.00. The molecule has 0 bridgehead atoms. The zero-order valence-electron chi connectivity index (χ0n) is 11.2. The van der Waals surface area contributed by atoms with Gasteiger partial charge in [0.15, 0.2) is 0 Å². The van der Waals surface area contributed by atoms with E-state index in [9.17, 15) is 0 Å². The number of nitrogens with zero attached hydrogens (tertiary/aromatic N) is 2. The van der Waals surface area contributed by atoms with Crippen LogP contribution in [0.25, 0.3) is 0 Å². The maximum Gasteiger partial charge on any atom is 0.110 e. The van der Waals surface area contributed by atoms with Gasteiger partial charge in [0.25, 0.3) is 0 Å². The van der Waals surface area contributed by atoms with Crippen LogP contribution in [-0.2, 0) is 5.88 Å². The predicted octanol–water partition coefficient (Wildman–Crippen LogP) is 4.16. The largest absolute Gasteiger partial charge is 0.289 e. The van der Waals surface area contributed by atoms with Gasteiger partial charge in [0.2, 0.25) is 0 Å². The van der Waals surface area contributed by atoms with Gasteiger partial charge in [-0.05, 0) is 13.3 Å². The third-order valence-electron chi connectivity index (χ3n) is 3.71. The number of thioether (sulfide) groups is 1. The molecule has 0 aliphatic carbocycles. The van der Waals surface area contributed by atoms with Crippen LogP contribution in [0.4, 0.5) is 0 Å². The molecule has 1 aliphatic heterocycles. The molecule has 2 heterocycles. The van der Waals surface area contributed by atoms with Crippen molar-refractivity contribution in [3.05, 3.63) is 16.1 Å². The molecule has 0 spiro atoms. The third kappa shape index (κ3) is 3.03. The summed E-state index contributed by atoms with van der Waals surface area (Å²) in [4.78, 5) is 7.30. The number of halogens is 1. The molecule has 3 unspecified atom stereocenters. The maximum absolute atomic E-state index is 5.85. The highest BCUT2D eigenvalue weighted by Crippen LogP contribution is 2.34. The molecule has 1 aromatic heterocycles. The molecule has 5 heteroatoms. The Bertz CT molecular complexity index is 383. The standard InChI is InChI=1S/C13H21ClN2S2/c1-4-12(13-15-11(7-14)8-18-13)16-5-6-17-10(3)9(16)2/h8-10,12H,4-7H2,1-3H3. The van der Waals surface area contributed by atoms with E-state index in [4.69, 9.17) is 11.6 Å². The Labute approximate surface area is 123 Å². The second-order valence-corrected chi connectivity index (χ2v) is 7.43. The molecule has 1 saturated heterocycles. The van der Waals surface area contributed by atoms with Crippen molar-refractivity contribution in [3.8, 4) is 0 Å². The van der Waals surface area contributed by atoms with E-state index in [0.717, 1.165) is 12.1 Å². The van der Waals surface area contributed by atoms with Crippen molar-refractivity contribution in [1.29, 1.82) is 0 Å². The number of alkyl halides is 1. The van der Waals surface area contributed by atoms with Crippen LogP contribution in [0.3, 0.4) is 0 Å². The molecule has 0 saturated carbocycles. The Morgan fingerprint density at radius 3 is 2.94 bits per heavy atom. The zero-order valence-corrected chi connectivity index (χ0v) is 13.6. The summed E-state index contributed by atoms with van der Waals surface area (Å²) in [5.41, 5.74) is 1.02. The van der Waals surface area contributed by atoms with Crippen LogP contribution in [-0.4, -0.2) is 33.5 Å². The first-order chi connectivity index (χ1) is 8.67. The van der Waals surface area contributed by atoms with Crippen molar-refractivity contribution >= 4 is 34.7 Å². The highest BCUT2D eigenvalue weighted by Gasteiger charge is 2.31. The second-order valence-electron chi connectivity index (χ2n) is 4.79. The third-order valence-corrected chi connectivity index (χ3v) is 6.32. The Morgan fingerprint density at radius 2 is 2.33 bits per heavy atom. The SMILES string of the molecule is CCC(c1nc(CCl)cs1)N1CCSC(C)C1C. The molecule has 18 heavy (non-hydrogen) atoms. The van der Waals surface area contributed by atoms with Crippen molar-refractivity contribution in [2.24, 2.45) is 0 Å². The maximum atomic E-state index is 5.85. The van der Waals surface area contributed by atoms with Crippen molar-refractivity contribution in [3.63, 3.8) is 0 Å². The van der Waals surface area contributed by atoms with Crippen LogP contribution in [0.2, 0.25) is 0 Å². The van der Waals surface area contributed by atoms with Gasteiger partial charge in [0.1, 0.15) is 5.01 Å². The molecule has 1 aromatic rings. The molecule has 1 aliphatic rings. The number of rotatable bonds is 4. The lowest BCUT2D eigenvalue weighted by Gasteiger charge is -2.41. The molecule has 2 rings (SSSR count). The van der Waals surface area contributed by atoms with Crippen LogP contribution in [0.15, 0.2) is 5.38 Å². The monoisotopic (exact) mass is 304 g/mol. The van der Waals surface area contributed by atoms with E-state index in [0.29, 0.717) is 23.2 Å². The van der Waals surface area contributed by atoms with Crippen LogP contribution in [0.5, 0.6) is 0 Å². The van der Waals surface area contributed by atoms with Crippen LogP contribution in [0, 0.1) is 0 Å². The molecule has 0 amide bonds. The van der Waals surface area contributed by atoms with E-state index >= 15 is 0 Å². The summed E-state index contributed by atoms with van der Waals surface area (Å²) in [6.07, 6.45) is 1.12. The van der Waals surface area contributed by atoms with Gasteiger partial charge in [-0.3, -0.25) is 4.90 Å². The minimum Gasteiger partial charge on any atom is -0.289 e. The molecule has 2 nitrogen and oxygen atoms in total. The summed E-state index contributed by atoms with van der Waals surface area (Å²) in [7, 11) is 0. The van der Waals surface area contributed by atoms with E-state index < -0.39 is 0 Å². The van der Waals surface area contributed by atoms with E-state index in [1.54, 1.807) is 11.3 Å². The molecule has 1 fully saturated rings. The van der Waals surface area contributed by atoms with E-state index in [-0.39, 0.29) is 0 Å². The number of hydrogen-bond donors (Lipinski definition) is 0. The van der Waals surface area contributed by atoms with E-state index in [2.05, 4.69) is 47.8 Å². The minimum absolute atomic E-state index is 0.463. The first-order valence-corrected chi connectivity index (χ1v) is 9.01. The first-order valence-electron chi connectivity index (χ1n) is 6.55. The fraction of sp³-hybridized carbons (Fsp3) is 0.769. The van der Waals surface area contributed by atoms with Crippen molar-refractivity contribution in [2.75, 3.05) is 12.3 Å². The van der Waals surface area contributed by atoms with E-state index in [1.807, 2.05) is 0 Å². The highest BCUT2D eigenvalue weighted by atomic mass is 35.5. The fourth-order valence-electron chi connectivity index (χ4n) is 2.48. The second kappa shape index (κ2) is 6.60. The summed E-state index contributed by atoms with van der Waals surface area (Å²) < 4.78 is 0. The lowest BCUT2D eigenvalue weighted by molar-refractivity contribution is 0.142. The summed E-state index contributed by atoms with van der Waals surface area (Å²) in [5.74, 6) is 1.75. The van der Waals surface area contributed by atoms with Gasteiger partial charge >= 0.3 is 0 Å². The van der Waals surface area contributed by atoms with Gasteiger partial charge in [-0.1, -0.05) is 13.8 Å². The average molecular weight is 305 g/mol. The smallest absolute Gasteiger partial charge is 0.110 e. The van der Waals surface area contributed by atoms with Gasteiger partial charge in [-0.15, -0.1) is 22.9 Å². The summed E-state index contributed by atoms with van der Waals surface area (Å²) in [6, 6.07) is 1.09. The van der Waals surface area contributed by atoms with Gasteiger partial charge < -0.3 is 0 Å². The number of hydrogen-bond acceptors (Lipinski definition) is 4. The topological polar surface area (TPSA) is 16.1 Å². The molecule has 0 radical (unpaired) electrons. The number of aromatic nitrogens is 1. The van der Waals surface area contributed by atoms with Crippen LogP contribution in [0.1, 0.15) is 43.9 Å². The summed E-state index contributed by atoms with van der Waals surface area (Å²) >= 11 is 9.70. The molecule has 0 N–H and O–H groups in total. The van der Waals surface area contributed by atoms with Gasteiger partial charge in [-0.25, -0.2) is 4.98 Å². The predicted molar refractivity (Wildman–Crippen MR) is 82.8 cm³/mol. The molecule has 0 aromatic carbocycles. The van der Waals surface area contributed by atoms with Crippen LogP contribution >= 0.6 is 34.7 Å². The molecular weight excluding hydrogens is 284 g/mol. The van der Waals surface area contributed by atoms with Gasteiger partial charge in [0, 0.05) is 29.0 Å². The Kier molecular flexibility index (Phi) is 5.36. The van der Waals surface area contributed by atoms with Crippen molar-refractivity contribution in [1.82, 2.24) is 9.88 Å². The molecule has 3 atom stereocenters. The van der Waals surface area contributed by atoms with Crippen molar-refractivity contribution < 1.29 is 0 Å². The lowest BCUT2D eigenvalue weighted by atomic mass is 10.1. The minimum atomic E-state index is 0.463. The number of thiazole rings is 1. The van der Waals surface area contributed by atoms with E-state index in [1.165, 1.54) is 17.3 Å². The molecular formula is C13H21ClN2S2. The Hall–Kier alpha value is 0.230. The van der Waals surface area contributed by atoms with Gasteiger partial charge in [0.05, 0.1) is 17.6 Å². The molecule has 102 valence electrons. The zero-order chi connectivity index (χ0) is 13.1. The average Bonchev–Trinajstić information content (AvgIpc) is 2.84. The Balaban J connectivity index is 2.16. The first kappa shape index (κ1) is 14.6. The van der Waals surface area contributed by atoms with Gasteiger partial charge in [-0.2, -0.15) is 11.8 Å². The van der Waals surface area contributed by atoms with Crippen LogP contribution < -0.4 is 0 Å². The normalized spacial score (nSPS) is 27.3. The fourth-order valence-corrected chi connectivity index (χ4v) is 4.86. The Morgan fingerprint density at radius 1 is 1.56 bits per heavy atom. The quantitative estimate of drug-likeness (QED) is 0.777. The van der Waals surface area contributed by atoms with Crippen molar-refractivity contribution in [2.45, 2.75) is 50.4 Å². The summed E-state index contributed by atoms with van der Waals surface area (Å²) in [6.45, 7) is 8.10.